The Morgan fingerprint density at radius 3 is 2.71 bits per heavy atom. The Hall–Kier alpha value is -2.93. The lowest BCUT2D eigenvalue weighted by Crippen LogP contribution is -2.43. The van der Waals surface area contributed by atoms with E-state index >= 15 is 0 Å². The molecule has 3 amide bonds. The van der Waals surface area contributed by atoms with Gasteiger partial charge >= 0.3 is 0 Å². The quantitative estimate of drug-likeness (QED) is 0.703. The smallest absolute Gasteiger partial charge is 0.240 e. The van der Waals surface area contributed by atoms with Gasteiger partial charge in [-0.1, -0.05) is 24.3 Å². The van der Waals surface area contributed by atoms with Crippen molar-refractivity contribution in [2.24, 2.45) is 0 Å². The molecule has 0 bridgehead atoms. The fourth-order valence-corrected chi connectivity index (χ4v) is 3.70. The molecule has 28 heavy (non-hydrogen) atoms. The maximum Gasteiger partial charge on any atom is 0.240 e. The number of furan rings is 1. The van der Waals surface area contributed by atoms with Crippen LogP contribution in [0.2, 0.25) is 0 Å². The predicted molar refractivity (Wildman–Crippen MR) is 101 cm³/mol. The van der Waals surface area contributed by atoms with Crippen LogP contribution in [0.4, 0.5) is 0 Å². The van der Waals surface area contributed by atoms with Gasteiger partial charge in [0.2, 0.25) is 17.7 Å². The van der Waals surface area contributed by atoms with Crippen molar-refractivity contribution in [1.29, 1.82) is 0 Å². The van der Waals surface area contributed by atoms with Crippen LogP contribution in [0, 0.1) is 6.92 Å². The van der Waals surface area contributed by atoms with Crippen LogP contribution in [0.25, 0.3) is 0 Å². The number of hydrogen-bond donors (Lipinski definition) is 1. The van der Waals surface area contributed by atoms with Crippen molar-refractivity contribution in [2.45, 2.75) is 31.7 Å². The number of carbonyl (C=O) groups is 3. The Bertz CT molecular complexity index is 861. The second-order valence-corrected chi connectivity index (χ2v) is 6.95. The topological polar surface area (TPSA) is 88.8 Å². The number of benzene rings is 1. The molecule has 1 unspecified atom stereocenters. The molecule has 1 saturated heterocycles. The summed E-state index contributed by atoms with van der Waals surface area (Å²) in [6.07, 6.45) is 1.39. The van der Waals surface area contributed by atoms with E-state index in [0.717, 1.165) is 5.56 Å². The van der Waals surface area contributed by atoms with Gasteiger partial charge in [-0.25, -0.2) is 0 Å². The van der Waals surface area contributed by atoms with Crippen LogP contribution in [0.3, 0.4) is 0 Å². The van der Waals surface area contributed by atoms with Crippen LogP contribution in [0.15, 0.2) is 47.1 Å². The lowest BCUT2D eigenvalue weighted by molar-refractivity contribution is -0.141. The maximum atomic E-state index is 13.3. The molecule has 1 atom stereocenters. The largest absolute Gasteiger partial charge is 0.467 e. The van der Waals surface area contributed by atoms with E-state index in [1.165, 1.54) is 18.3 Å². The van der Waals surface area contributed by atoms with Crippen LogP contribution < -0.4 is 5.32 Å². The van der Waals surface area contributed by atoms with Gasteiger partial charge in [0.1, 0.15) is 5.76 Å². The van der Waals surface area contributed by atoms with Crippen molar-refractivity contribution in [2.75, 3.05) is 20.3 Å². The summed E-state index contributed by atoms with van der Waals surface area (Å²) in [5, 5.41) is 2.78. The normalized spacial score (nSPS) is 19.3. The molecule has 0 saturated carbocycles. The minimum atomic E-state index is -1.20. The van der Waals surface area contributed by atoms with E-state index < -0.39 is 5.41 Å². The van der Waals surface area contributed by atoms with Gasteiger partial charge in [0, 0.05) is 20.0 Å². The van der Waals surface area contributed by atoms with Crippen molar-refractivity contribution < 1.29 is 23.5 Å². The van der Waals surface area contributed by atoms with Crippen LogP contribution in [0.5, 0.6) is 0 Å². The number of hydrogen-bond acceptors (Lipinski definition) is 5. The minimum absolute atomic E-state index is 0.0332. The fraction of sp³-hybridized carbons (Fsp3) is 0.381. The summed E-state index contributed by atoms with van der Waals surface area (Å²) in [5.74, 6) is -0.329. The Balaban J connectivity index is 1.88. The van der Waals surface area contributed by atoms with Crippen LogP contribution in [-0.4, -0.2) is 42.9 Å². The molecule has 1 N–H and O–H groups in total. The van der Waals surface area contributed by atoms with Gasteiger partial charge in [-0.3, -0.25) is 19.3 Å². The Morgan fingerprint density at radius 1 is 1.25 bits per heavy atom. The van der Waals surface area contributed by atoms with Gasteiger partial charge in [-0.2, -0.15) is 0 Å². The van der Waals surface area contributed by atoms with E-state index in [4.69, 9.17) is 9.15 Å². The second-order valence-electron chi connectivity index (χ2n) is 6.95. The van der Waals surface area contributed by atoms with E-state index in [1.807, 2.05) is 31.2 Å². The number of methoxy groups -OCH3 is 1. The first-order valence-corrected chi connectivity index (χ1v) is 9.17. The Morgan fingerprint density at radius 2 is 2.04 bits per heavy atom. The summed E-state index contributed by atoms with van der Waals surface area (Å²) in [6, 6.07) is 10.9. The molecule has 148 valence electrons. The summed E-state index contributed by atoms with van der Waals surface area (Å²) in [6.45, 7) is 2.54. The number of amides is 3. The van der Waals surface area contributed by atoms with Gasteiger partial charge in [0.15, 0.2) is 0 Å². The van der Waals surface area contributed by atoms with Crippen LogP contribution in [0.1, 0.15) is 29.7 Å². The summed E-state index contributed by atoms with van der Waals surface area (Å²) in [7, 11) is 1.52. The number of carbonyl (C=O) groups excluding carboxylic acids is 3. The van der Waals surface area contributed by atoms with Crippen molar-refractivity contribution in [3.05, 3.63) is 59.5 Å². The van der Waals surface area contributed by atoms with Crippen molar-refractivity contribution in [1.82, 2.24) is 10.2 Å². The summed E-state index contributed by atoms with van der Waals surface area (Å²) in [5.41, 5.74) is 0.376. The van der Waals surface area contributed by atoms with E-state index in [1.54, 1.807) is 12.1 Å². The standard InChI is InChI=1S/C21H24N2O5/c1-15-6-3-4-8-17(15)21(12-18(24)22-14-16-7-5-10-28-16)13-19(25)23(20(21)26)9-11-27-2/h3-8,10H,9,11-14H2,1-2H3,(H,22,24). The molecule has 1 fully saturated rings. The first-order chi connectivity index (χ1) is 13.5. The predicted octanol–water partition coefficient (Wildman–Crippen LogP) is 1.94. The first kappa shape index (κ1) is 19.8. The molecule has 7 nitrogen and oxygen atoms in total. The molecule has 0 spiro atoms. The lowest BCUT2D eigenvalue weighted by Gasteiger charge is -2.28. The van der Waals surface area contributed by atoms with Gasteiger partial charge in [0.25, 0.3) is 0 Å². The molecule has 7 heteroatoms. The molecule has 3 rings (SSSR count). The molecule has 1 aromatic carbocycles. The van der Waals surface area contributed by atoms with Crippen molar-refractivity contribution >= 4 is 17.7 Å². The highest BCUT2D eigenvalue weighted by Crippen LogP contribution is 2.41. The number of imide groups is 1. The minimum Gasteiger partial charge on any atom is -0.467 e. The number of nitrogens with one attached hydrogen (secondary N) is 1. The monoisotopic (exact) mass is 384 g/mol. The lowest BCUT2D eigenvalue weighted by atomic mass is 9.74. The van der Waals surface area contributed by atoms with Gasteiger partial charge in [-0.15, -0.1) is 0 Å². The summed E-state index contributed by atoms with van der Waals surface area (Å²) < 4.78 is 10.2. The second kappa shape index (κ2) is 8.39. The highest BCUT2D eigenvalue weighted by molar-refractivity contribution is 6.10. The molecular formula is C21H24N2O5. The third-order valence-electron chi connectivity index (χ3n) is 5.09. The Kier molecular flexibility index (Phi) is 5.94. The molecule has 2 heterocycles. The highest BCUT2D eigenvalue weighted by Gasteiger charge is 2.54. The van der Waals surface area contributed by atoms with Gasteiger partial charge < -0.3 is 14.5 Å². The fourth-order valence-electron chi connectivity index (χ4n) is 3.70. The van der Waals surface area contributed by atoms with Gasteiger partial charge in [-0.05, 0) is 30.2 Å². The molecule has 1 aromatic heterocycles. The first-order valence-electron chi connectivity index (χ1n) is 9.17. The molecule has 0 aliphatic carbocycles. The molecule has 1 aliphatic rings. The summed E-state index contributed by atoms with van der Waals surface area (Å²) in [4.78, 5) is 39.8. The average Bonchev–Trinajstić information content (AvgIpc) is 3.27. The average molecular weight is 384 g/mol. The van der Waals surface area contributed by atoms with E-state index in [2.05, 4.69) is 5.32 Å². The number of ether oxygens (including phenoxy) is 1. The molecule has 2 aromatic rings. The number of aryl methyl sites for hydroxylation is 1. The van der Waals surface area contributed by atoms with E-state index in [9.17, 15) is 14.4 Å². The number of nitrogens with zero attached hydrogens (tertiary/aromatic N) is 1. The van der Waals surface area contributed by atoms with Crippen LogP contribution in [-0.2, 0) is 31.1 Å². The SMILES string of the molecule is COCCN1C(=O)CC(CC(=O)NCc2ccco2)(c2ccccc2C)C1=O. The highest BCUT2D eigenvalue weighted by atomic mass is 16.5. The van der Waals surface area contributed by atoms with E-state index in [0.29, 0.717) is 11.3 Å². The number of likely N-dealkylation sites (tertiary alicyclic amines) is 1. The van der Waals surface area contributed by atoms with Crippen molar-refractivity contribution in [3.63, 3.8) is 0 Å². The van der Waals surface area contributed by atoms with Crippen LogP contribution >= 0.6 is 0 Å². The summed E-state index contributed by atoms with van der Waals surface area (Å²) >= 11 is 0. The maximum absolute atomic E-state index is 13.3. The molecule has 0 radical (unpaired) electrons. The number of rotatable bonds is 8. The Labute approximate surface area is 163 Å². The molecular weight excluding hydrogens is 360 g/mol. The third-order valence-corrected chi connectivity index (χ3v) is 5.09. The van der Waals surface area contributed by atoms with Crippen molar-refractivity contribution in [3.8, 4) is 0 Å². The zero-order valence-corrected chi connectivity index (χ0v) is 16.1. The third kappa shape index (κ3) is 3.84. The van der Waals surface area contributed by atoms with E-state index in [-0.39, 0.29) is 50.3 Å². The van der Waals surface area contributed by atoms with Gasteiger partial charge in [0.05, 0.1) is 31.4 Å². The zero-order valence-electron chi connectivity index (χ0n) is 16.1. The zero-order chi connectivity index (χ0) is 20.1. The molecule has 1 aliphatic heterocycles.